The second-order valence-electron chi connectivity index (χ2n) is 3.86. The second kappa shape index (κ2) is 6.33. The van der Waals surface area contributed by atoms with Crippen LogP contribution in [0.4, 0.5) is 0 Å². The van der Waals surface area contributed by atoms with Crippen molar-refractivity contribution in [2.24, 2.45) is 0 Å². The van der Waals surface area contributed by atoms with E-state index in [-0.39, 0.29) is 17.3 Å². The van der Waals surface area contributed by atoms with Crippen LogP contribution in [0.3, 0.4) is 0 Å². The Morgan fingerprint density at radius 3 is 2.93 bits per heavy atom. The molecule has 1 aliphatic heterocycles. The fourth-order valence-electron chi connectivity index (χ4n) is 1.91. The van der Waals surface area contributed by atoms with Gasteiger partial charge in [0.05, 0.1) is 12.6 Å². The van der Waals surface area contributed by atoms with Gasteiger partial charge in [-0.2, -0.15) is 0 Å². The molecule has 0 radical (unpaired) electrons. The molecule has 0 spiro atoms. The lowest BCUT2D eigenvalue weighted by molar-refractivity contribution is -0.132. The molecule has 0 aliphatic carbocycles. The summed E-state index contributed by atoms with van der Waals surface area (Å²) >= 11 is 5.96. The van der Waals surface area contributed by atoms with Crippen molar-refractivity contribution in [2.75, 3.05) is 19.8 Å². The van der Waals surface area contributed by atoms with Gasteiger partial charge in [0, 0.05) is 13.2 Å². The Balaban J connectivity index is 2.48. The van der Waals surface area contributed by atoms with Gasteiger partial charge in [0.1, 0.15) is 5.38 Å². The summed E-state index contributed by atoms with van der Waals surface area (Å²) in [7, 11) is 0. The number of hydrogen-bond acceptors (Lipinski definition) is 2. The Hall–Kier alpha value is -0.280. The van der Waals surface area contributed by atoms with E-state index in [1.165, 1.54) is 0 Å². The van der Waals surface area contributed by atoms with Crippen molar-refractivity contribution in [3.8, 4) is 0 Å². The van der Waals surface area contributed by atoms with Crippen molar-refractivity contribution >= 4 is 17.5 Å². The van der Waals surface area contributed by atoms with Crippen LogP contribution in [0.1, 0.15) is 33.1 Å². The van der Waals surface area contributed by atoms with Gasteiger partial charge in [0.15, 0.2) is 0 Å². The quantitative estimate of drug-likeness (QED) is 0.680. The number of rotatable bonds is 5. The second-order valence-corrected chi connectivity index (χ2v) is 4.39. The number of ether oxygens (including phenoxy) is 1. The van der Waals surface area contributed by atoms with Gasteiger partial charge >= 0.3 is 0 Å². The number of likely N-dealkylation sites (tertiary alicyclic amines) is 1. The van der Waals surface area contributed by atoms with Gasteiger partial charge in [0.2, 0.25) is 5.91 Å². The van der Waals surface area contributed by atoms with Crippen molar-refractivity contribution in [1.29, 1.82) is 0 Å². The van der Waals surface area contributed by atoms with Gasteiger partial charge in [-0.25, -0.2) is 0 Å². The third kappa shape index (κ3) is 3.35. The zero-order valence-electron chi connectivity index (χ0n) is 9.54. The number of carbonyl (C=O) groups excluding carboxylic acids is 1. The first kappa shape index (κ1) is 12.8. The minimum atomic E-state index is -0.368. The van der Waals surface area contributed by atoms with E-state index < -0.39 is 0 Å². The molecule has 1 saturated heterocycles. The third-order valence-electron chi connectivity index (χ3n) is 2.80. The number of halogens is 1. The zero-order valence-corrected chi connectivity index (χ0v) is 10.3. The Morgan fingerprint density at radius 1 is 1.60 bits per heavy atom. The van der Waals surface area contributed by atoms with Gasteiger partial charge in [-0.1, -0.05) is 6.92 Å². The Bertz CT molecular complexity index is 211. The number of nitrogens with zero attached hydrogens (tertiary/aromatic N) is 1. The van der Waals surface area contributed by atoms with Crippen LogP contribution in [-0.2, 0) is 9.53 Å². The minimum Gasteiger partial charge on any atom is -0.380 e. The molecule has 1 fully saturated rings. The maximum Gasteiger partial charge on any atom is 0.240 e. The molecule has 0 saturated carbocycles. The Kier molecular flexibility index (Phi) is 5.40. The first-order valence-corrected chi connectivity index (χ1v) is 6.16. The lowest BCUT2D eigenvalue weighted by Gasteiger charge is -2.26. The highest BCUT2D eigenvalue weighted by Gasteiger charge is 2.31. The van der Waals surface area contributed by atoms with E-state index in [1.807, 2.05) is 18.7 Å². The average Bonchev–Trinajstić information content (AvgIpc) is 2.72. The largest absolute Gasteiger partial charge is 0.380 e. The molecule has 1 amide bonds. The zero-order chi connectivity index (χ0) is 11.3. The predicted molar refractivity (Wildman–Crippen MR) is 61.2 cm³/mol. The van der Waals surface area contributed by atoms with E-state index in [1.54, 1.807) is 0 Å². The van der Waals surface area contributed by atoms with Crippen molar-refractivity contribution in [1.82, 2.24) is 4.90 Å². The summed E-state index contributed by atoms with van der Waals surface area (Å²) in [6.07, 6.45) is 2.80. The topological polar surface area (TPSA) is 29.5 Å². The van der Waals surface area contributed by atoms with Gasteiger partial charge in [-0.15, -0.1) is 11.6 Å². The lowest BCUT2D eigenvalue weighted by Crippen LogP contribution is -2.42. The molecule has 0 unspecified atom stereocenters. The van der Waals surface area contributed by atoms with Crippen LogP contribution < -0.4 is 0 Å². The molecular formula is C11H20ClNO2. The molecule has 15 heavy (non-hydrogen) atoms. The molecule has 1 rings (SSSR count). The number of hydrogen-bond donors (Lipinski definition) is 0. The Labute approximate surface area is 96.7 Å². The van der Waals surface area contributed by atoms with Crippen LogP contribution in [0.15, 0.2) is 0 Å². The summed E-state index contributed by atoms with van der Waals surface area (Å²) in [4.78, 5) is 13.8. The fourth-order valence-corrected chi connectivity index (χ4v) is 2.03. The predicted octanol–water partition coefficient (Wildman–Crippen LogP) is 2.03. The van der Waals surface area contributed by atoms with Crippen LogP contribution in [0.25, 0.3) is 0 Å². The van der Waals surface area contributed by atoms with Crippen LogP contribution in [0, 0.1) is 0 Å². The smallest absolute Gasteiger partial charge is 0.240 e. The van der Waals surface area contributed by atoms with Crippen molar-refractivity contribution in [3.63, 3.8) is 0 Å². The monoisotopic (exact) mass is 233 g/mol. The van der Waals surface area contributed by atoms with Crippen LogP contribution in [0.2, 0.25) is 0 Å². The highest BCUT2D eigenvalue weighted by molar-refractivity contribution is 6.30. The molecule has 3 nitrogen and oxygen atoms in total. The first-order chi connectivity index (χ1) is 7.20. The molecule has 0 aromatic carbocycles. The maximum atomic E-state index is 11.9. The number of carbonyl (C=O) groups is 1. The fraction of sp³-hybridized carbons (Fsp3) is 0.909. The molecule has 88 valence electrons. The van der Waals surface area contributed by atoms with Gasteiger partial charge < -0.3 is 9.64 Å². The van der Waals surface area contributed by atoms with Crippen molar-refractivity contribution in [3.05, 3.63) is 0 Å². The molecular weight excluding hydrogens is 214 g/mol. The van der Waals surface area contributed by atoms with Gasteiger partial charge in [-0.3, -0.25) is 4.79 Å². The Morgan fingerprint density at radius 2 is 2.33 bits per heavy atom. The van der Waals surface area contributed by atoms with E-state index in [2.05, 4.69) is 0 Å². The summed E-state index contributed by atoms with van der Waals surface area (Å²) in [6.45, 7) is 6.09. The molecule has 0 aromatic heterocycles. The molecule has 4 heteroatoms. The van der Waals surface area contributed by atoms with Crippen molar-refractivity contribution < 1.29 is 9.53 Å². The highest BCUT2D eigenvalue weighted by atomic mass is 35.5. The first-order valence-electron chi connectivity index (χ1n) is 5.73. The highest BCUT2D eigenvalue weighted by Crippen LogP contribution is 2.20. The van der Waals surface area contributed by atoms with Crippen LogP contribution in [-0.4, -0.2) is 42.0 Å². The molecule has 1 heterocycles. The standard InChI is InChI=1S/C11H20ClNO2/c1-3-10(12)11(14)13-7-5-6-9(13)8-15-4-2/h9-10H,3-8H2,1-2H3/t9-,10-/m0/s1. The van der Waals surface area contributed by atoms with Gasteiger partial charge in [0.25, 0.3) is 0 Å². The summed E-state index contributed by atoms with van der Waals surface area (Å²) in [5, 5.41) is -0.368. The van der Waals surface area contributed by atoms with E-state index in [0.29, 0.717) is 19.6 Å². The average molecular weight is 234 g/mol. The van der Waals surface area contributed by atoms with E-state index in [9.17, 15) is 4.79 Å². The van der Waals surface area contributed by atoms with Gasteiger partial charge in [-0.05, 0) is 26.2 Å². The van der Waals surface area contributed by atoms with E-state index in [0.717, 1.165) is 19.4 Å². The summed E-state index contributed by atoms with van der Waals surface area (Å²) in [5.41, 5.74) is 0. The molecule has 0 aromatic rings. The van der Waals surface area contributed by atoms with E-state index in [4.69, 9.17) is 16.3 Å². The van der Waals surface area contributed by atoms with Crippen LogP contribution in [0.5, 0.6) is 0 Å². The molecule has 0 bridgehead atoms. The number of amides is 1. The maximum absolute atomic E-state index is 11.9. The van der Waals surface area contributed by atoms with Crippen LogP contribution >= 0.6 is 11.6 Å². The summed E-state index contributed by atoms with van der Waals surface area (Å²) in [6, 6.07) is 0.241. The van der Waals surface area contributed by atoms with E-state index >= 15 is 0 Å². The molecule has 1 aliphatic rings. The normalized spacial score (nSPS) is 23.1. The van der Waals surface area contributed by atoms with Crippen molar-refractivity contribution in [2.45, 2.75) is 44.5 Å². The SMILES string of the molecule is CCOC[C@@H]1CCCN1C(=O)[C@@H](Cl)CC. The molecule has 0 N–H and O–H groups in total. The minimum absolute atomic E-state index is 0.0707. The molecule has 2 atom stereocenters. The summed E-state index contributed by atoms with van der Waals surface area (Å²) in [5.74, 6) is 0.0707. The summed E-state index contributed by atoms with van der Waals surface area (Å²) < 4.78 is 5.37. The number of alkyl halides is 1. The third-order valence-corrected chi connectivity index (χ3v) is 3.30. The lowest BCUT2D eigenvalue weighted by atomic mass is 10.2.